The first-order chi connectivity index (χ1) is 8.75. The summed E-state index contributed by atoms with van der Waals surface area (Å²) in [6, 6.07) is 0.380. The SMILES string of the molecule is CC(N)C1CCCN(CC2CCCCCCC2)C1. The predicted octanol–water partition coefficient (Wildman–Crippen LogP) is 3.41. The lowest BCUT2D eigenvalue weighted by molar-refractivity contribution is 0.132. The number of rotatable bonds is 3. The second-order valence-electron chi connectivity index (χ2n) is 6.73. The first-order valence-electron chi connectivity index (χ1n) is 8.23. The molecule has 0 amide bonds. The Kier molecular flexibility index (Phi) is 5.97. The molecule has 1 aliphatic heterocycles. The summed E-state index contributed by atoms with van der Waals surface area (Å²) >= 11 is 0. The Hall–Kier alpha value is -0.0800. The molecule has 0 spiro atoms. The number of nitrogens with zero attached hydrogens (tertiary/aromatic N) is 1. The zero-order valence-corrected chi connectivity index (χ0v) is 12.2. The minimum Gasteiger partial charge on any atom is -0.328 e. The molecule has 2 unspecified atom stereocenters. The molecule has 1 saturated heterocycles. The molecule has 0 bridgehead atoms. The Morgan fingerprint density at radius 3 is 2.33 bits per heavy atom. The molecule has 2 N–H and O–H groups in total. The summed E-state index contributed by atoms with van der Waals surface area (Å²) in [5.41, 5.74) is 6.08. The summed E-state index contributed by atoms with van der Waals surface area (Å²) < 4.78 is 0. The van der Waals surface area contributed by atoms with Crippen LogP contribution in [0, 0.1) is 11.8 Å². The molecule has 1 heterocycles. The number of hydrogen-bond acceptors (Lipinski definition) is 2. The van der Waals surface area contributed by atoms with E-state index < -0.39 is 0 Å². The van der Waals surface area contributed by atoms with Crippen molar-refractivity contribution in [2.75, 3.05) is 19.6 Å². The molecular weight excluding hydrogens is 220 g/mol. The second kappa shape index (κ2) is 7.49. The van der Waals surface area contributed by atoms with E-state index in [1.807, 2.05) is 0 Å². The van der Waals surface area contributed by atoms with Gasteiger partial charge in [-0.05, 0) is 51.0 Å². The number of piperidine rings is 1. The van der Waals surface area contributed by atoms with Crippen LogP contribution >= 0.6 is 0 Å². The molecule has 0 aromatic carbocycles. The summed E-state index contributed by atoms with van der Waals surface area (Å²) in [5.74, 6) is 1.71. The number of likely N-dealkylation sites (tertiary alicyclic amines) is 1. The molecule has 1 aliphatic carbocycles. The van der Waals surface area contributed by atoms with Gasteiger partial charge in [0, 0.05) is 19.1 Å². The summed E-state index contributed by atoms with van der Waals surface area (Å²) in [6.07, 6.45) is 13.0. The molecule has 0 aromatic rings. The maximum atomic E-state index is 6.08. The van der Waals surface area contributed by atoms with E-state index in [4.69, 9.17) is 5.73 Å². The highest BCUT2D eigenvalue weighted by Crippen LogP contribution is 2.25. The van der Waals surface area contributed by atoms with Crippen LogP contribution in [0.1, 0.15) is 64.7 Å². The molecule has 2 atom stereocenters. The van der Waals surface area contributed by atoms with Crippen LogP contribution in [0.15, 0.2) is 0 Å². The quantitative estimate of drug-likeness (QED) is 0.834. The zero-order valence-electron chi connectivity index (χ0n) is 12.2. The van der Waals surface area contributed by atoms with Crippen LogP contribution < -0.4 is 5.73 Å². The topological polar surface area (TPSA) is 29.3 Å². The van der Waals surface area contributed by atoms with E-state index in [9.17, 15) is 0 Å². The normalized spacial score (nSPS) is 30.7. The van der Waals surface area contributed by atoms with Crippen LogP contribution in [0.5, 0.6) is 0 Å². The van der Waals surface area contributed by atoms with E-state index in [-0.39, 0.29) is 0 Å². The third-order valence-corrected chi connectivity index (χ3v) is 5.03. The molecule has 0 aromatic heterocycles. The lowest BCUT2D eigenvalue weighted by Crippen LogP contribution is -2.44. The van der Waals surface area contributed by atoms with E-state index >= 15 is 0 Å². The van der Waals surface area contributed by atoms with Gasteiger partial charge in [0.2, 0.25) is 0 Å². The molecule has 106 valence electrons. The van der Waals surface area contributed by atoms with Gasteiger partial charge < -0.3 is 10.6 Å². The van der Waals surface area contributed by atoms with Crippen molar-refractivity contribution in [3.8, 4) is 0 Å². The maximum Gasteiger partial charge on any atom is 0.00509 e. The van der Waals surface area contributed by atoms with Crippen LogP contribution in [-0.4, -0.2) is 30.6 Å². The first-order valence-corrected chi connectivity index (χ1v) is 8.23. The summed E-state index contributed by atoms with van der Waals surface area (Å²) in [5, 5.41) is 0. The van der Waals surface area contributed by atoms with Crippen molar-refractivity contribution in [2.45, 2.75) is 70.8 Å². The van der Waals surface area contributed by atoms with Crippen molar-refractivity contribution in [1.29, 1.82) is 0 Å². The third-order valence-electron chi connectivity index (χ3n) is 5.03. The van der Waals surface area contributed by atoms with Crippen LogP contribution in [-0.2, 0) is 0 Å². The van der Waals surface area contributed by atoms with Gasteiger partial charge in [0.05, 0.1) is 0 Å². The van der Waals surface area contributed by atoms with E-state index in [1.165, 1.54) is 77.4 Å². The van der Waals surface area contributed by atoms with Crippen LogP contribution in [0.3, 0.4) is 0 Å². The Morgan fingerprint density at radius 1 is 1.00 bits per heavy atom. The Morgan fingerprint density at radius 2 is 1.67 bits per heavy atom. The van der Waals surface area contributed by atoms with Gasteiger partial charge in [0.15, 0.2) is 0 Å². The van der Waals surface area contributed by atoms with Gasteiger partial charge in [-0.15, -0.1) is 0 Å². The van der Waals surface area contributed by atoms with Crippen molar-refractivity contribution >= 4 is 0 Å². The van der Waals surface area contributed by atoms with Gasteiger partial charge in [-0.25, -0.2) is 0 Å². The van der Waals surface area contributed by atoms with E-state index in [2.05, 4.69) is 11.8 Å². The van der Waals surface area contributed by atoms with Gasteiger partial charge in [-0.1, -0.05) is 32.1 Å². The largest absolute Gasteiger partial charge is 0.328 e. The first kappa shape index (κ1) is 14.3. The van der Waals surface area contributed by atoms with Crippen LogP contribution in [0.4, 0.5) is 0 Å². The highest BCUT2D eigenvalue weighted by Gasteiger charge is 2.24. The van der Waals surface area contributed by atoms with Gasteiger partial charge in [-0.2, -0.15) is 0 Å². The Balaban J connectivity index is 1.76. The lowest BCUT2D eigenvalue weighted by atomic mass is 9.88. The van der Waals surface area contributed by atoms with Crippen LogP contribution in [0.2, 0.25) is 0 Å². The Labute approximate surface area is 113 Å². The van der Waals surface area contributed by atoms with Gasteiger partial charge in [0.1, 0.15) is 0 Å². The second-order valence-corrected chi connectivity index (χ2v) is 6.73. The maximum absolute atomic E-state index is 6.08. The van der Waals surface area contributed by atoms with Crippen molar-refractivity contribution in [3.63, 3.8) is 0 Å². The average molecular weight is 252 g/mol. The average Bonchev–Trinajstić information content (AvgIpc) is 2.33. The third kappa shape index (κ3) is 4.55. The summed E-state index contributed by atoms with van der Waals surface area (Å²) in [6.45, 7) is 6.11. The van der Waals surface area contributed by atoms with Gasteiger partial charge in [0.25, 0.3) is 0 Å². The zero-order chi connectivity index (χ0) is 12.8. The predicted molar refractivity (Wildman–Crippen MR) is 78.6 cm³/mol. The Bertz CT molecular complexity index is 219. The van der Waals surface area contributed by atoms with E-state index in [0.717, 1.165) is 11.8 Å². The van der Waals surface area contributed by atoms with Gasteiger partial charge in [-0.3, -0.25) is 0 Å². The van der Waals surface area contributed by atoms with Crippen LogP contribution in [0.25, 0.3) is 0 Å². The van der Waals surface area contributed by atoms with E-state index in [0.29, 0.717) is 6.04 Å². The summed E-state index contributed by atoms with van der Waals surface area (Å²) in [7, 11) is 0. The van der Waals surface area contributed by atoms with Gasteiger partial charge >= 0.3 is 0 Å². The molecule has 2 fully saturated rings. The molecule has 1 saturated carbocycles. The molecule has 2 aliphatic rings. The molecule has 2 nitrogen and oxygen atoms in total. The molecular formula is C16H32N2. The molecule has 2 heteroatoms. The molecule has 2 rings (SSSR count). The van der Waals surface area contributed by atoms with Crippen molar-refractivity contribution in [3.05, 3.63) is 0 Å². The molecule has 18 heavy (non-hydrogen) atoms. The molecule has 0 radical (unpaired) electrons. The lowest BCUT2D eigenvalue weighted by Gasteiger charge is -2.37. The van der Waals surface area contributed by atoms with Crippen molar-refractivity contribution in [2.24, 2.45) is 17.6 Å². The fourth-order valence-corrected chi connectivity index (χ4v) is 3.77. The number of nitrogens with two attached hydrogens (primary N) is 1. The smallest absolute Gasteiger partial charge is 0.00509 e. The highest BCUT2D eigenvalue weighted by atomic mass is 15.1. The monoisotopic (exact) mass is 252 g/mol. The standard InChI is InChI=1S/C16H32N2/c1-14(17)16-10-7-11-18(13-16)12-15-8-5-3-2-4-6-9-15/h14-16H,2-13,17H2,1H3. The number of hydrogen-bond donors (Lipinski definition) is 1. The minimum atomic E-state index is 0.380. The minimum absolute atomic E-state index is 0.380. The fraction of sp³-hybridized carbons (Fsp3) is 1.00. The van der Waals surface area contributed by atoms with Crippen molar-refractivity contribution in [1.82, 2.24) is 4.90 Å². The van der Waals surface area contributed by atoms with Crippen molar-refractivity contribution < 1.29 is 0 Å². The fourth-order valence-electron chi connectivity index (χ4n) is 3.77. The van der Waals surface area contributed by atoms with E-state index in [1.54, 1.807) is 0 Å². The highest BCUT2D eigenvalue weighted by molar-refractivity contribution is 4.80. The summed E-state index contributed by atoms with van der Waals surface area (Å²) in [4.78, 5) is 2.71.